The van der Waals surface area contributed by atoms with Crippen LogP contribution in [0.15, 0.2) is 109 Å². The van der Waals surface area contributed by atoms with Gasteiger partial charge in [-0.2, -0.15) is 0 Å². The molecule has 8 bridgehead atoms. The number of carbonyl (C=O) groups is 2. The first-order valence-electron chi connectivity index (χ1n) is 15.1. The number of nitrogens with zero attached hydrogens (tertiary/aromatic N) is 8. The van der Waals surface area contributed by atoms with Crippen LogP contribution in [-0.4, -0.2) is 57.0 Å². The summed E-state index contributed by atoms with van der Waals surface area (Å²) < 4.78 is 0. The summed E-state index contributed by atoms with van der Waals surface area (Å²) in [5, 5.41) is 19.1. The third-order valence-electron chi connectivity index (χ3n) is 7.69. The molecule has 236 valence electrons. The maximum atomic E-state index is 11.7. The molecule has 1 aliphatic rings. The van der Waals surface area contributed by atoms with E-state index in [2.05, 4.69) is 14.9 Å². The minimum absolute atomic E-state index is 0.0153. The fourth-order valence-electron chi connectivity index (χ4n) is 5.52. The lowest BCUT2D eigenvalue weighted by Gasteiger charge is -2.24. The predicted octanol–water partition coefficient (Wildman–Crippen LogP) is 5.64. The molecule has 0 amide bonds. The molecule has 12 heteroatoms. The Balaban J connectivity index is 1.34. The average molecular weight is 637 g/mol. The zero-order chi connectivity index (χ0) is 33.0. The zero-order valence-corrected chi connectivity index (χ0v) is 25.5. The quantitative estimate of drug-likeness (QED) is 0.232. The molecule has 48 heavy (non-hydrogen) atoms. The van der Waals surface area contributed by atoms with Gasteiger partial charge in [0, 0.05) is 19.6 Å². The van der Waals surface area contributed by atoms with Gasteiger partial charge >= 0.3 is 11.9 Å². The van der Waals surface area contributed by atoms with Crippen LogP contribution in [0.1, 0.15) is 43.8 Å². The number of fused-ring (bicyclic) bond motifs is 10. The lowest BCUT2D eigenvalue weighted by atomic mass is 10.2. The van der Waals surface area contributed by atoms with Crippen LogP contribution >= 0.6 is 0 Å². The van der Waals surface area contributed by atoms with Gasteiger partial charge in [0.05, 0.1) is 52.1 Å². The van der Waals surface area contributed by atoms with Crippen LogP contribution in [0.5, 0.6) is 0 Å². The standard InChI is InChI=1S/C36H28N8O4/c45-35(46)31-15-3-9-25(39-31)21-43-19-23-7-1-11-27(37-23)29-13-5-17-33(41-29)44(22-26-10-4-16-32(40-26)36(47)48)34-18-6-14-30(42-34)28-12-2-8-24(20-43)38-28/h1-18H,19-22H2,(H,45,46)(H,47,48). The van der Waals surface area contributed by atoms with E-state index in [9.17, 15) is 19.8 Å². The van der Waals surface area contributed by atoms with Gasteiger partial charge in [-0.1, -0.05) is 36.4 Å². The number of pyridine rings is 6. The van der Waals surface area contributed by atoms with E-state index in [-0.39, 0.29) is 17.9 Å². The minimum atomic E-state index is -1.11. The Hall–Kier alpha value is -6.40. The molecule has 0 aliphatic carbocycles. The first kappa shape index (κ1) is 30.3. The summed E-state index contributed by atoms with van der Waals surface area (Å²) in [6.07, 6.45) is 0. The highest BCUT2D eigenvalue weighted by molar-refractivity contribution is 5.85. The monoisotopic (exact) mass is 636 g/mol. The van der Waals surface area contributed by atoms with E-state index in [0.29, 0.717) is 65.4 Å². The van der Waals surface area contributed by atoms with Crippen molar-refractivity contribution in [2.45, 2.75) is 26.2 Å². The first-order valence-corrected chi connectivity index (χ1v) is 15.1. The molecular weight excluding hydrogens is 608 g/mol. The topological polar surface area (TPSA) is 158 Å². The van der Waals surface area contributed by atoms with Gasteiger partial charge in [0.1, 0.15) is 23.0 Å². The number of hydrogen-bond donors (Lipinski definition) is 2. The van der Waals surface area contributed by atoms with Crippen LogP contribution in [0.4, 0.5) is 11.6 Å². The van der Waals surface area contributed by atoms with Gasteiger partial charge in [-0.25, -0.2) is 39.5 Å². The molecule has 0 fully saturated rings. The van der Waals surface area contributed by atoms with E-state index in [1.807, 2.05) is 83.8 Å². The Kier molecular flexibility index (Phi) is 8.29. The number of rotatable bonds is 6. The summed E-state index contributed by atoms with van der Waals surface area (Å²) >= 11 is 0. The van der Waals surface area contributed by atoms with Gasteiger partial charge in [0.2, 0.25) is 0 Å². The van der Waals surface area contributed by atoms with Crippen LogP contribution in [0.25, 0.3) is 22.8 Å². The molecule has 6 aromatic heterocycles. The Bertz CT molecular complexity index is 2060. The minimum Gasteiger partial charge on any atom is -0.477 e. The van der Waals surface area contributed by atoms with Crippen LogP contribution in [-0.2, 0) is 26.2 Å². The third-order valence-corrected chi connectivity index (χ3v) is 7.69. The Morgan fingerprint density at radius 2 is 0.917 bits per heavy atom. The molecule has 1 aliphatic heterocycles. The molecule has 0 radical (unpaired) electrons. The molecular formula is C36H28N8O4. The van der Waals surface area contributed by atoms with E-state index in [1.54, 1.807) is 18.2 Å². The molecule has 2 N–H and O–H groups in total. The van der Waals surface area contributed by atoms with Crippen molar-refractivity contribution in [1.29, 1.82) is 0 Å². The number of anilines is 2. The molecule has 0 saturated heterocycles. The number of aromatic carboxylic acids is 2. The van der Waals surface area contributed by atoms with Crippen LogP contribution in [0.2, 0.25) is 0 Å². The average Bonchev–Trinajstić information content (AvgIpc) is 3.11. The maximum absolute atomic E-state index is 11.7. The Morgan fingerprint density at radius 1 is 0.500 bits per heavy atom. The second-order valence-corrected chi connectivity index (χ2v) is 11.2. The maximum Gasteiger partial charge on any atom is 0.354 e. The number of aromatic nitrogens is 6. The van der Waals surface area contributed by atoms with Crippen LogP contribution < -0.4 is 4.90 Å². The normalized spacial score (nSPS) is 12.8. The van der Waals surface area contributed by atoms with E-state index in [1.165, 1.54) is 12.1 Å². The highest BCUT2D eigenvalue weighted by Crippen LogP contribution is 2.29. The summed E-state index contributed by atoms with van der Waals surface area (Å²) in [7, 11) is 0. The van der Waals surface area contributed by atoms with Gasteiger partial charge in [-0.05, 0) is 72.8 Å². The highest BCUT2D eigenvalue weighted by atomic mass is 16.4. The van der Waals surface area contributed by atoms with Crippen molar-refractivity contribution in [1.82, 2.24) is 34.8 Å². The molecule has 0 aromatic carbocycles. The second kappa shape index (κ2) is 13.1. The van der Waals surface area contributed by atoms with Gasteiger partial charge < -0.3 is 15.1 Å². The number of carboxylic acid groups (broad SMARTS) is 2. The van der Waals surface area contributed by atoms with Crippen LogP contribution in [0.3, 0.4) is 0 Å². The zero-order valence-electron chi connectivity index (χ0n) is 25.5. The van der Waals surface area contributed by atoms with Gasteiger partial charge in [0.25, 0.3) is 0 Å². The van der Waals surface area contributed by atoms with Crippen molar-refractivity contribution in [3.8, 4) is 22.8 Å². The van der Waals surface area contributed by atoms with Gasteiger partial charge in [-0.15, -0.1) is 0 Å². The van der Waals surface area contributed by atoms with Crippen molar-refractivity contribution in [3.63, 3.8) is 0 Å². The summed E-state index contributed by atoms with van der Waals surface area (Å²) in [6.45, 7) is 1.45. The molecule has 0 atom stereocenters. The molecule has 6 aromatic rings. The van der Waals surface area contributed by atoms with Gasteiger partial charge in [-0.3, -0.25) is 4.90 Å². The van der Waals surface area contributed by atoms with E-state index < -0.39 is 11.9 Å². The molecule has 7 rings (SSSR count). The molecule has 7 heterocycles. The SMILES string of the molecule is O=C(O)c1cccc(CN2Cc3cccc(n3)-c3cccc(n3)N(Cc3cccc(C(=O)O)n3)c3cccc(n3)-c3cccc(n3)C2)n1. The van der Waals surface area contributed by atoms with E-state index in [4.69, 9.17) is 19.9 Å². The highest BCUT2D eigenvalue weighted by Gasteiger charge is 2.19. The first-order chi connectivity index (χ1) is 23.4. The summed E-state index contributed by atoms with van der Waals surface area (Å²) in [5.41, 5.74) is 5.28. The predicted molar refractivity (Wildman–Crippen MR) is 176 cm³/mol. The fraction of sp³-hybridized carbons (Fsp3) is 0.111. The lowest BCUT2D eigenvalue weighted by molar-refractivity contribution is 0.0679. The molecule has 0 spiro atoms. The van der Waals surface area contributed by atoms with Crippen molar-refractivity contribution in [2.75, 3.05) is 4.90 Å². The third kappa shape index (κ3) is 6.73. The number of hydrogen-bond acceptors (Lipinski definition) is 10. The molecule has 12 nitrogen and oxygen atoms in total. The smallest absolute Gasteiger partial charge is 0.354 e. The fourth-order valence-corrected chi connectivity index (χ4v) is 5.52. The lowest BCUT2D eigenvalue weighted by Crippen LogP contribution is -2.24. The largest absolute Gasteiger partial charge is 0.477 e. The van der Waals surface area contributed by atoms with Crippen molar-refractivity contribution < 1.29 is 19.8 Å². The summed E-state index contributed by atoms with van der Waals surface area (Å²) in [6, 6.07) is 32.7. The van der Waals surface area contributed by atoms with Crippen molar-refractivity contribution in [2.24, 2.45) is 0 Å². The van der Waals surface area contributed by atoms with Gasteiger partial charge in [0.15, 0.2) is 0 Å². The van der Waals surface area contributed by atoms with Crippen LogP contribution in [0, 0.1) is 0 Å². The van der Waals surface area contributed by atoms with Crippen molar-refractivity contribution in [3.05, 3.63) is 143 Å². The van der Waals surface area contributed by atoms with E-state index >= 15 is 0 Å². The summed E-state index contributed by atoms with van der Waals surface area (Å²) in [5.74, 6) is -1.04. The van der Waals surface area contributed by atoms with Crippen molar-refractivity contribution >= 4 is 23.6 Å². The summed E-state index contributed by atoms with van der Waals surface area (Å²) in [4.78, 5) is 55.9. The number of carboxylic acids is 2. The Morgan fingerprint density at radius 3 is 1.40 bits per heavy atom. The second-order valence-electron chi connectivity index (χ2n) is 11.2. The molecule has 0 saturated carbocycles. The van der Waals surface area contributed by atoms with E-state index in [0.717, 1.165) is 11.4 Å². The molecule has 0 unspecified atom stereocenters. The Labute approximate surface area is 275 Å².